The number of aliphatic hydroxyl groups is 1. The summed E-state index contributed by atoms with van der Waals surface area (Å²) in [5.41, 5.74) is 0. The first-order valence-corrected chi connectivity index (χ1v) is 9.69. The number of rotatable bonds is 4. The van der Waals surface area contributed by atoms with E-state index < -0.39 is 0 Å². The molecule has 0 aromatic carbocycles. The van der Waals surface area contributed by atoms with Crippen LogP contribution >= 0.6 is 35.5 Å². The van der Waals surface area contributed by atoms with E-state index in [2.05, 4.69) is 36.4 Å². The van der Waals surface area contributed by atoms with Crippen molar-refractivity contribution < 1.29 is 5.11 Å². The Labute approximate surface area is 171 Å². The third-order valence-electron chi connectivity index (χ3n) is 4.98. The molecule has 7 nitrogen and oxygen atoms in total. The van der Waals surface area contributed by atoms with Gasteiger partial charge in [0.15, 0.2) is 5.96 Å². The van der Waals surface area contributed by atoms with Crippen LogP contribution in [0.5, 0.6) is 0 Å². The maximum Gasteiger partial charge on any atom is 0.205 e. The minimum Gasteiger partial charge on any atom is -0.393 e. The van der Waals surface area contributed by atoms with E-state index in [4.69, 9.17) is 0 Å². The zero-order chi connectivity index (χ0) is 16.9. The van der Waals surface area contributed by atoms with Crippen LogP contribution in [0.15, 0.2) is 4.99 Å². The largest absolute Gasteiger partial charge is 0.393 e. The fraction of sp³-hybridized carbons (Fsp3) is 0.812. The molecular weight excluding hydrogens is 451 g/mol. The highest BCUT2D eigenvalue weighted by Crippen LogP contribution is 2.24. The highest BCUT2D eigenvalue weighted by Gasteiger charge is 2.27. The Morgan fingerprint density at radius 2 is 2.08 bits per heavy atom. The second-order valence-electron chi connectivity index (χ2n) is 6.51. The number of aliphatic hydroxyl groups excluding tert-OH is 1. The molecule has 3 rings (SSSR count). The zero-order valence-corrected chi connectivity index (χ0v) is 18.2. The molecular formula is C16H29IN6OS. The molecule has 2 atom stereocenters. The molecule has 9 heteroatoms. The van der Waals surface area contributed by atoms with E-state index in [-0.39, 0.29) is 30.1 Å². The van der Waals surface area contributed by atoms with Crippen LogP contribution < -0.4 is 10.2 Å². The average molecular weight is 480 g/mol. The number of piperazine rings is 1. The molecule has 0 radical (unpaired) electrons. The van der Waals surface area contributed by atoms with Crippen molar-refractivity contribution in [3.63, 3.8) is 0 Å². The van der Waals surface area contributed by atoms with E-state index in [1.807, 2.05) is 7.05 Å². The standard InChI is InChI=1S/C16H28N6OS.HI/c1-3-14-19-16(24-20-14)22-9-7-21(8-10-22)15(17-2)18-11-12-5-4-6-13(12)23;/h12-13,23H,3-11H2,1-2H3,(H,17,18);1H. The summed E-state index contributed by atoms with van der Waals surface area (Å²) in [7, 11) is 1.83. The van der Waals surface area contributed by atoms with Crippen LogP contribution in [0.25, 0.3) is 0 Å². The molecule has 2 unspecified atom stereocenters. The summed E-state index contributed by atoms with van der Waals surface area (Å²) in [5.74, 6) is 2.24. The molecule has 2 fully saturated rings. The van der Waals surface area contributed by atoms with E-state index in [9.17, 15) is 5.11 Å². The van der Waals surface area contributed by atoms with Gasteiger partial charge in [0.25, 0.3) is 0 Å². The van der Waals surface area contributed by atoms with Crippen molar-refractivity contribution in [1.29, 1.82) is 0 Å². The summed E-state index contributed by atoms with van der Waals surface area (Å²) < 4.78 is 4.38. The van der Waals surface area contributed by atoms with E-state index in [1.54, 1.807) is 0 Å². The lowest BCUT2D eigenvalue weighted by molar-refractivity contribution is 0.133. The second kappa shape index (κ2) is 9.86. The number of anilines is 1. The molecule has 1 saturated heterocycles. The van der Waals surface area contributed by atoms with Crippen molar-refractivity contribution in [3.8, 4) is 0 Å². The molecule has 2 aliphatic rings. The minimum absolute atomic E-state index is 0. The smallest absolute Gasteiger partial charge is 0.205 e. The fourth-order valence-electron chi connectivity index (χ4n) is 3.44. The minimum atomic E-state index is -0.155. The number of aryl methyl sites for hydroxylation is 1. The number of hydrogen-bond donors (Lipinski definition) is 2. The van der Waals surface area contributed by atoms with Gasteiger partial charge in [-0.3, -0.25) is 4.99 Å². The summed E-state index contributed by atoms with van der Waals surface area (Å²) in [6, 6.07) is 0. The van der Waals surface area contributed by atoms with Crippen molar-refractivity contribution >= 4 is 46.6 Å². The molecule has 1 aliphatic heterocycles. The Morgan fingerprint density at radius 1 is 1.32 bits per heavy atom. The van der Waals surface area contributed by atoms with Gasteiger partial charge in [0, 0.05) is 63.6 Å². The van der Waals surface area contributed by atoms with Crippen LogP contribution in [0, 0.1) is 5.92 Å². The highest BCUT2D eigenvalue weighted by atomic mass is 127. The summed E-state index contributed by atoms with van der Waals surface area (Å²) in [4.78, 5) is 13.6. The number of aromatic nitrogens is 2. The van der Waals surface area contributed by atoms with Gasteiger partial charge < -0.3 is 20.2 Å². The molecule has 25 heavy (non-hydrogen) atoms. The van der Waals surface area contributed by atoms with Crippen molar-refractivity contribution in [2.75, 3.05) is 44.7 Å². The molecule has 2 heterocycles. The maximum atomic E-state index is 9.96. The van der Waals surface area contributed by atoms with Crippen LogP contribution in [0.3, 0.4) is 0 Å². The predicted molar refractivity (Wildman–Crippen MR) is 113 cm³/mol. The summed E-state index contributed by atoms with van der Waals surface area (Å²) in [5, 5.41) is 14.4. The van der Waals surface area contributed by atoms with Gasteiger partial charge in [-0.1, -0.05) is 13.3 Å². The van der Waals surface area contributed by atoms with Crippen LogP contribution in [0.4, 0.5) is 5.13 Å². The van der Waals surface area contributed by atoms with Gasteiger partial charge in [-0.25, -0.2) is 4.98 Å². The van der Waals surface area contributed by atoms with Gasteiger partial charge in [-0.2, -0.15) is 4.37 Å². The Balaban J connectivity index is 0.00000225. The first kappa shape index (κ1) is 20.6. The number of nitrogens with one attached hydrogen (secondary N) is 1. The fourth-order valence-corrected chi connectivity index (χ4v) is 4.24. The monoisotopic (exact) mass is 480 g/mol. The highest BCUT2D eigenvalue weighted by molar-refractivity contribution is 14.0. The molecule has 1 aliphatic carbocycles. The Bertz CT molecular complexity index is 561. The molecule has 0 amide bonds. The van der Waals surface area contributed by atoms with Gasteiger partial charge in [0.1, 0.15) is 5.82 Å². The van der Waals surface area contributed by atoms with Crippen molar-refractivity contribution in [2.45, 2.75) is 38.7 Å². The van der Waals surface area contributed by atoms with Crippen molar-refractivity contribution in [3.05, 3.63) is 5.82 Å². The second-order valence-corrected chi connectivity index (χ2v) is 7.24. The zero-order valence-electron chi connectivity index (χ0n) is 15.0. The van der Waals surface area contributed by atoms with Gasteiger partial charge in [-0.15, -0.1) is 24.0 Å². The van der Waals surface area contributed by atoms with Gasteiger partial charge in [0.05, 0.1) is 6.10 Å². The molecule has 2 N–H and O–H groups in total. The third-order valence-corrected chi connectivity index (χ3v) is 5.79. The number of aliphatic imine (C=N–C) groups is 1. The number of guanidine groups is 1. The predicted octanol–water partition coefficient (Wildman–Crippen LogP) is 1.58. The van der Waals surface area contributed by atoms with Crippen LogP contribution in [0.2, 0.25) is 0 Å². The lowest BCUT2D eigenvalue weighted by atomic mass is 10.1. The van der Waals surface area contributed by atoms with Gasteiger partial charge >= 0.3 is 0 Å². The van der Waals surface area contributed by atoms with Crippen LogP contribution in [-0.2, 0) is 6.42 Å². The van der Waals surface area contributed by atoms with E-state index in [0.717, 1.165) is 75.3 Å². The molecule has 1 aromatic rings. The summed E-state index contributed by atoms with van der Waals surface area (Å²) in [6.07, 6.45) is 3.91. The first-order chi connectivity index (χ1) is 11.7. The lowest BCUT2D eigenvalue weighted by Crippen LogP contribution is -2.53. The number of nitrogens with zero attached hydrogens (tertiary/aromatic N) is 5. The van der Waals surface area contributed by atoms with E-state index >= 15 is 0 Å². The van der Waals surface area contributed by atoms with Crippen LogP contribution in [-0.4, -0.2) is 71.2 Å². The van der Waals surface area contributed by atoms with Gasteiger partial charge in [-0.05, 0) is 12.8 Å². The Hall–Kier alpha value is -0.680. The van der Waals surface area contributed by atoms with Crippen LogP contribution in [0.1, 0.15) is 32.0 Å². The SMILES string of the molecule is CCc1nsc(N2CCN(C(=NC)NCC3CCCC3O)CC2)n1.I. The molecule has 142 valence electrons. The quantitative estimate of drug-likeness (QED) is 0.387. The van der Waals surface area contributed by atoms with Crippen molar-refractivity contribution in [1.82, 2.24) is 19.6 Å². The normalized spacial score (nSPS) is 24.4. The maximum absolute atomic E-state index is 9.96. The summed E-state index contributed by atoms with van der Waals surface area (Å²) in [6.45, 7) is 6.61. The lowest BCUT2D eigenvalue weighted by Gasteiger charge is -2.36. The first-order valence-electron chi connectivity index (χ1n) is 8.92. The molecule has 1 saturated carbocycles. The van der Waals surface area contributed by atoms with Crippen molar-refractivity contribution in [2.24, 2.45) is 10.9 Å². The van der Waals surface area contributed by atoms with Gasteiger partial charge in [0.2, 0.25) is 5.13 Å². The average Bonchev–Trinajstić information content (AvgIpc) is 3.25. The number of halogens is 1. The Kier molecular flexibility index (Phi) is 8.14. The van der Waals surface area contributed by atoms with E-state index in [1.165, 1.54) is 11.5 Å². The third kappa shape index (κ3) is 5.16. The molecule has 0 spiro atoms. The topological polar surface area (TPSA) is 76.9 Å². The number of hydrogen-bond acceptors (Lipinski definition) is 6. The molecule has 0 bridgehead atoms. The Morgan fingerprint density at radius 3 is 2.64 bits per heavy atom. The van der Waals surface area contributed by atoms with E-state index in [0.29, 0.717) is 5.92 Å². The molecule has 1 aromatic heterocycles. The summed E-state index contributed by atoms with van der Waals surface area (Å²) >= 11 is 1.50.